The lowest BCUT2D eigenvalue weighted by molar-refractivity contribution is -0.385. The molecule has 0 aromatic heterocycles. The number of amides is 1. The lowest BCUT2D eigenvalue weighted by Gasteiger charge is -2.56. The molecular weight excluding hydrogens is 299 g/mol. The molecule has 1 aromatic rings. The number of non-ortho nitro benzene ring substituents is 1. The average molecular weight is 318 g/mol. The van der Waals surface area contributed by atoms with Crippen molar-refractivity contribution in [1.29, 1.82) is 0 Å². The highest BCUT2D eigenvalue weighted by Crippen LogP contribution is 2.55. The van der Waals surface area contributed by atoms with E-state index in [1.807, 2.05) is 0 Å². The summed E-state index contributed by atoms with van der Waals surface area (Å²) < 4.78 is 14.1. The van der Waals surface area contributed by atoms with E-state index in [4.69, 9.17) is 0 Å². The number of benzene rings is 1. The van der Waals surface area contributed by atoms with Crippen molar-refractivity contribution in [3.05, 3.63) is 39.7 Å². The fourth-order valence-electron chi connectivity index (χ4n) is 5.37. The standard InChI is InChI=1S/C17H19FN2O3/c18-15-6-13(20(22)23)1-2-14(15)16(21)19-17-7-10-3-11(8-17)5-12(4-10)9-17/h1-2,6,10-12H,3-5,7-9H2,(H,19,21). The van der Waals surface area contributed by atoms with E-state index < -0.39 is 16.6 Å². The van der Waals surface area contributed by atoms with Gasteiger partial charge in [0.15, 0.2) is 0 Å². The maximum Gasteiger partial charge on any atom is 0.272 e. The molecule has 23 heavy (non-hydrogen) atoms. The molecule has 5 rings (SSSR count). The highest BCUT2D eigenvalue weighted by atomic mass is 19.1. The maximum atomic E-state index is 14.1. The third-order valence-electron chi connectivity index (χ3n) is 5.83. The van der Waals surface area contributed by atoms with Crippen molar-refractivity contribution in [2.45, 2.75) is 44.1 Å². The first-order chi connectivity index (χ1) is 10.9. The first-order valence-electron chi connectivity index (χ1n) is 8.20. The number of carbonyl (C=O) groups excluding carboxylic acids is 1. The van der Waals surface area contributed by atoms with E-state index in [0.29, 0.717) is 17.8 Å². The van der Waals surface area contributed by atoms with Crippen LogP contribution < -0.4 is 5.32 Å². The minimum Gasteiger partial charge on any atom is -0.346 e. The third kappa shape index (κ3) is 2.50. The van der Waals surface area contributed by atoms with E-state index in [1.165, 1.54) is 31.4 Å². The average Bonchev–Trinajstić information content (AvgIpc) is 2.44. The fraction of sp³-hybridized carbons (Fsp3) is 0.588. The largest absolute Gasteiger partial charge is 0.346 e. The molecule has 4 fully saturated rings. The Balaban J connectivity index is 1.55. The Kier molecular flexibility index (Phi) is 3.18. The zero-order chi connectivity index (χ0) is 16.2. The summed E-state index contributed by atoms with van der Waals surface area (Å²) in [6.07, 6.45) is 6.75. The normalized spacial score (nSPS) is 34.4. The summed E-state index contributed by atoms with van der Waals surface area (Å²) >= 11 is 0. The van der Waals surface area contributed by atoms with Gasteiger partial charge in [-0.2, -0.15) is 0 Å². The van der Waals surface area contributed by atoms with Crippen LogP contribution in [0.4, 0.5) is 10.1 Å². The molecule has 4 aliphatic carbocycles. The van der Waals surface area contributed by atoms with Gasteiger partial charge in [-0.25, -0.2) is 4.39 Å². The van der Waals surface area contributed by atoms with Crippen LogP contribution in [0.3, 0.4) is 0 Å². The molecule has 4 bridgehead atoms. The Morgan fingerprint density at radius 3 is 2.22 bits per heavy atom. The molecule has 0 spiro atoms. The number of halogens is 1. The molecule has 0 aliphatic heterocycles. The lowest BCUT2D eigenvalue weighted by Crippen LogP contribution is -2.59. The van der Waals surface area contributed by atoms with Crippen molar-refractivity contribution in [3.8, 4) is 0 Å². The van der Waals surface area contributed by atoms with Crippen molar-refractivity contribution in [1.82, 2.24) is 5.32 Å². The van der Waals surface area contributed by atoms with Crippen LogP contribution in [0.2, 0.25) is 0 Å². The zero-order valence-electron chi connectivity index (χ0n) is 12.8. The zero-order valence-corrected chi connectivity index (χ0v) is 12.8. The molecule has 4 saturated carbocycles. The van der Waals surface area contributed by atoms with E-state index >= 15 is 0 Å². The van der Waals surface area contributed by atoms with Crippen LogP contribution in [0.15, 0.2) is 18.2 Å². The molecule has 0 unspecified atom stereocenters. The highest BCUT2D eigenvalue weighted by Gasteiger charge is 2.51. The molecule has 0 atom stereocenters. The number of rotatable bonds is 3. The summed E-state index contributed by atoms with van der Waals surface area (Å²) in [6, 6.07) is 3.20. The summed E-state index contributed by atoms with van der Waals surface area (Å²) in [5, 5.41) is 13.8. The van der Waals surface area contributed by atoms with Crippen LogP contribution in [-0.2, 0) is 0 Å². The smallest absolute Gasteiger partial charge is 0.272 e. The van der Waals surface area contributed by atoms with Crippen LogP contribution >= 0.6 is 0 Å². The van der Waals surface area contributed by atoms with Gasteiger partial charge in [0.2, 0.25) is 0 Å². The number of hydrogen-bond donors (Lipinski definition) is 1. The van der Waals surface area contributed by atoms with E-state index in [9.17, 15) is 19.3 Å². The van der Waals surface area contributed by atoms with Gasteiger partial charge in [0.25, 0.3) is 11.6 Å². The van der Waals surface area contributed by atoms with E-state index in [2.05, 4.69) is 5.32 Å². The van der Waals surface area contributed by atoms with Crippen LogP contribution in [0, 0.1) is 33.7 Å². The second kappa shape index (κ2) is 5.01. The van der Waals surface area contributed by atoms with E-state index in [1.54, 1.807) is 0 Å². The van der Waals surface area contributed by atoms with Gasteiger partial charge in [-0.1, -0.05) is 0 Å². The number of hydrogen-bond acceptors (Lipinski definition) is 3. The topological polar surface area (TPSA) is 72.2 Å². The Morgan fingerprint density at radius 1 is 1.17 bits per heavy atom. The fourth-order valence-corrected chi connectivity index (χ4v) is 5.37. The molecule has 0 heterocycles. The minimum atomic E-state index is -0.832. The van der Waals surface area contributed by atoms with Gasteiger partial charge in [-0.3, -0.25) is 14.9 Å². The first kappa shape index (κ1) is 14.6. The predicted molar refractivity (Wildman–Crippen MR) is 81.4 cm³/mol. The van der Waals surface area contributed by atoms with Gasteiger partial charge < -0.3 is 5.32 Å². The van der Waals surface area contributed by atoms with Crippen molar-refractivity contribution >= 4 is 11.6 Å². The monoisotopic (exact) mass is 318 g/mol. The quantitative estimate of drug-likeness (QED) is 0.685. The maximum absolute atomic E-state index is 14.1. The second-order valence-corrected chi connectivity index (χ2v) is 7.57. The molecule has 0 radical (unpaired) electrons. The van der Waals surface area contributed by atoms with E-state index in [-0.39, 0.29) is 16.8 Å². The molecule has 0 saturated heterocycles. The highest BCUT2D eigenvalue weighted by molar-refractivity contribution is 5.95. The number of nitrogens with zero attached hydrogens (tertiary/aromatic N) is 1. The molecule has 4 aliphatic rings. The molecular formula is C17H19FN2O3. The van der Waals surface area contributed by atoms with Crippen LogP contribution in [0.5, 0.6) is 0 Å². The summed E-state index contributed by atoms with van der Waals surface area (Å²) in [5.41, 5.74) is -0.639. The van der Waals surface area contributed by atoms with Gasteiger partial charge in [-0.05, 0) is 62.3 Å². The van der Waals surface area contributed by atoms with Crippen molar-refractivity contribution < 1.29 is 14.1 Å². The van der Waals surface area contributed by atoms with Gasteiger partial charge in [0.05, 0.1) is 16.6 Å². The Labute approximate surface area is 133 Å². The van der Waals surface area contributed by atoms with Crippen molar-refractivity contribution in [2.24, 2.45) is 17.8 Å². The molecule has 122 valence electrons. The van der Waals surface area contributed by atoms with Gasteiger partial charge in [0, 0.05) is 11.6 Å². The predicted octanol–water partition coefficient (Wildman–Crippen LogP) is 3.43. The van der Waals surface area contributed by atoms with Crippen LogP contribution in [0.1, 0.15) is 48.9 Å². The molecule has 5 nitrogen and oxygen atoms in total. The van der Waals surface area contributed by atoms with Crippen molar-refractivity contribution in [2.75, 3.05) is 0 Å². The van der Waals surface area contributed by atoms with Crippen molar-refractivity contribution in [3.63, 3.8) is 0 Å². The lowest BCUT2D eigenvalue weighted by atomic mass is 9.53. The van der Waals surface area contributed by atoms with Crippen LogP contribution in [0.25, 0.3) is 0 Å². The number of carbonyl (C=O) groups is 1. The van der Waals surface area contributed by atoms with Gasteiger partial charge in [0.1, 0.15) is 5.82 Å². The van der Waals surface area contributed by atoms with E-state index in [0.717, 1.165) is 25.3 Å². The Morgan fingerprint density at radius 2 is 1.74 bits per heavy atom. The Bertz CT molecular complexity index is 653. The summed E-state index contributed by atoms with van der Waals surface area (Å²) in [4.78, 5) is 22.5. The first-order valence-corrected chi connectivity index (χ1v) is 8.20. The SMILES string of the molecule is O=C(NC12CC3CC(CC(C3)C1)C2)c1ccc([N+](=O)[O-])cc1F. The molecule has 1 N–H and O–H groups in total. The summed E-state index contributed by atoms with van der Waals surface area (Å²) in [6.45, 7) is 0. The van der Waals surface area contributed by atoms with Gasteiger partial charge >= 0.3 is 0 Å². The number of nitrogens with one attached hydrogen (secondary N) is 1. The minimum absolute atomic E-state index is 0.105. The summed E-state index contributed by atoms with van der Waals surface area (Å²) in [7, 11) is 0. The number of nitro benzene ring substituents is 1. The van der Waals surface area contributed by atoms with Crippen LogP contribution in [-0.4, -0.2) is 16.4 Å². The number of nitro groups is 1. The van der Waals surface area contributed by atoms with Gasteiger partial charge in [-0.15, -0.1) is 0 Å². The molecule has 1 amide bonds. The molecule has 1 aromatic carbocycles. The Hall–Kier alpha value is -1.98. The molecule has 6 heteroatoms. The second-order valence-electron chi connectivity index (χ2n) is 7.57. The summed E-state index contributed by atoms with van der Waals surface area (Å²) in [5.74, 6) is 0.774. The third-order valence-corrected chi connectivity index (χ3v) is 5.83.